The van der Waals surface area contributed by atoms with Crippen LogP contribution in [0.1, 0.15) is 53.4 Å². The molecule has 2 heteroatoms. The van der Waals surface area contributed by atoms with Crippen molar-refractivity contribution in [2.24, 2.45) is 23.2 Å². The molecule has 0 spiro atoms. The summed E-state index contributed by atoms with van der Waals surface area (Å²) < 4.78 is 5.15. The predicted molar refractivity (Wildman–Crippen MR) is 71.0 cm³/mol. The maximum absolute atomic E-state index is 12.2. The number of carbonyl (C=O) groups excluding carboxylic acids is 1. The highest BCUT2D eigenvalue weighted by Gasteiger charge is 2.40. The number of ether oxygens (including phenoxy) is 1. The lowest BCUT2D eigenvalue weighted by molar-refractivity contribution is -0.131. The summed E-state index contributed by atoms with van der Waals surface area (Å²) in [6.45, 7) is 9.75. The Labute approximate surface area is 106 Å². The summed E-state index contributed by atoms with van der Waals surface area (Å²) >= 11 is 0. The molecule has 0 bridgehead atoms. The van der Waals surface area contributed by atoms with Crippen LogP contribution in [0.2, 0.25) is 0 Å². The van der Waals surface area contributed by atoms with Crippen molar-refractivity contribution in [3.63, 3.8) is 0 Å². The molecule has 1 fully saturated rings. The molecule has 0 aliphatic heterocycles. The molecule has 3 atom stereocenters. The monoisotopic (exact) mass is 240 g/mol. The lowest BCUT2D eigenvalue weighted by atomic mass is 9.62. The number of rotatable bonds is 5. The molecule has 0 N–H and O–H groups in total. The van der Waals surface area contributed by atoms with Crippen LogP contribution in [0.15, 0.2) is 0 Å². The van der Waals surface area contributed by atoms with Crippen LogP contribution < -0.4 is 0 Å². The SMILES string of the molecule is COCCC(C)C(C)(C)C1CCC(C)CC1=O. The Bertz CT molecular complexity index is 258. The molecule has 1 aliphatic carbocycles. The van der Waals surface area contributed by atoms with Crippen LogP contribution in [-0.4, -0.2) is 19.5 Å². The highest BCUT2D eigenvalue weighted by atomic mass is 16.5. The van der Waals surface area contributed by atoms with Crippen molar-refractivity contribution in [2.45, 2.75) is 53.4 Å². The van der Waals surface area contributed by atoms with Gasteiger partial charge in [0.25, 0.3) is 0 Å². The smallest absolute Gasteiger partial charge is 0.136 e. The standard InChI is InChI=1S/C15H28O2/c1-11-6-7-13(14(16)10-11)15(3,4)12(2)8-9-17-5/h11-13H,6-10H2,1-5H3. The molecular weight excluding hydrogens is 212 g/mol. The molecule has 1 aliphatic rings. The van der Waals surface area contributed by atoms with Gasteiger partial charge in [-0.15, -0.1) is 0 Å². The zero-order valence-electron chi connectivity index (χ0n) is 12.1. The van der Waals surface area contributed by atoms with Gasteiger partial charge in [0.15, 0.2) is 0 Å². The summed E-state index contributed by atoms with van der Waals surface area (Å²) in [5, 5.41) is 0. The van der Waals surface area contributed by atoms with Gasteiger partial charge < -0.3 is 4.74 Å². The van der Waals surface area contributed by atoms with Crippen LogP contribution in [-0.2, 0) is 9.53 Å². The third kappa shape index (κ3) is 3.54. The van der Waals surface area contributed by atoms with E-state index >= 15 is 0 Å². The summed E-state index contributed by atoms with van der Waals surface area (Å²) in [6.07, 6.45) is 4.11. The van der Waals surface area contributed by atoms with Crippen LogP contribution in [0, 0.1) is 23.2 Å². The van der Waals surface area contributed by atoms with Crippen LogP contribution in [0.4, 0.5) is 0 Å². The summed E-state index contributed by atoms with van der Waals surface area (Å²) in [7, 11) is 1.74. The zero-order valence-corrected chi connectivity index (χ0v) is 12.1. The van der Waals surface area contributed by atoms with Crippen molar-refractivity contribution in [3.8, 4) is 0 Å². The Morgan fingerprint density at radius 2 is 2.06 bits per heavy atom. The van der Waals surface area contributed by atoms with E-state index in [1.54, 1.807) is 7.11 Å². The van der Waals surface area contributed by atoms with Gasteiger partial charge in [-0.1, -0.05) is 27.7 Å². The fourth-order valence-electron chi connectivity index (χ4n) is 3.00. The number of hydrogen-bond acceptors (Lipinski definition) is 2. The second kappa shape index (κ2) is 5.99. The van der Waals surface area contributed by atoms with Crippen molar-refractivity contribution in [2.75, 3.05) is 13.7 Å². The van der Waals surface area contributed by atoms with Crippen molar-refractivity contribution in [3.05, 3.63) is 0 Å². The van der Waals surface area contributed by atoms with Gasteiger partial charge >= 0.3 is 0 Å². The molecule has 0 aromatic rings. The highest BCUT2D eigenvalue weighted by molar-refractivity contribution is 5.82. The number of hydrogen-bond donors (Lipinski definition) is 0. The minimum absolute atomic E-state index is 0.107. The first-order chi connectivity index (χ1) is 7.89. The van der Waals surface area contributed by atoms with E-state index in [1.165, 1.54) is 6.42 Å². The van der Waals surface area contributed by atoms with Crippen LogP contribution in [0.3, 0.4) is 0 Å². The first-order valence-electron chi connectivity index (χ1n) is 6.91. The van der Waals surface area contributed by atoms with Gasteiger partial charge in [-0.2, -0.15) is 0 Å². The minimum Gasteiger partial charge on any atom is -0.385 e. The van der Waals surface area contributed by atoms with Crippen molar-refractivity contribution < 1.29 is 9.53 Å². The molecule has 100 valence electrons. The molecule has 0 heterocycles. The molecular formula is C15H28O2. The fraction of sp³-hybridized carbons (Fsp3) is 0.933. The lowest BCUT2D eigenvalue weighted by Gasteiger charge is -2.41. The van der Waals surface area contributed by atoms with Gasteiger partial charge in [-0.25, -0.2) is 0 Å². The second-order valence-corrected chi connectivity index (χ2v) is 6.41. The van der Waals surface area contributed by atoms with E-state index in [4.69, 9.17) is 4.74 Å². The Hall–Kier alpha value is -0.370. The van der Waals surface area contributed by atoms with Crippen LogP contribution >= 0.6 is 0 Å². The van der Waals surface area contributed by atoms with Gasteiger partial charge in [-0.05, 0) is 36.5 Å². The summed E-state index contributed by atoms with van der Waals surface area (Å²) in [5.41, 5.74) is 0.107. The number of ketones is 1. The molecule has 3 unspecified atom stereocenters. The lowest BCUT2D eigenvalue weighted by Crippen LogP contribution is -2.39. The molecule has 17 heavy (non-hydrogen) atoms. The first kappa shape index (κ1) is 14.7. The number of methoxy groups -OCH3 is 1. The van der Waals surface area contributed by atoms with Crippen molar-refractivity contribution in [1.29, 1.82) is 0 Å². The summed E-state index contributed by atoms with van der Waals surface area (Å²) in [5.74, 6) is 1.86. The molecule has 0 amide bonds. The Morgan fingerprint density at radius 1 is 1.41 bits per heavy atom. The largest absolute Gasteiger partial charge is 0.385 e. The highest BCUT2D eigenvalue weighted by Crippen LogP contribution is 2.43. The average Bonchev–Trinajstić information content (AvgIpc) is 2.25. The van der Waals surface area contributed by atoms with Crippen molar-refractivity contribution >= 4 is 5.78 Å². The first-order valence-corrected chi connectivity index (χ1v) is 6.91. The summed E-state index contributed by atoms with van der Waals surface area (Å²) in [4.78, 5) is 12.2. The topological polar surface area (TPSA) is 26.3 Å². The average molecular weight is 240 g/mol. The fourth-order valence-corrected chi connectivity index (χ4v) is 3.00. The quantitative estimate of drug-likeness (QED) is 0.732. The molecule has 0 saturated heterocycles. The van der Waals surface area contributed by atoms with E-state index < -0.39 is 0 Å². The zero-order chi connectivity index (χ0) is 13.1. The number of carbonyl (C=O) groups is 1. The molecule has 1 rings (SSSR count). The third-order valence-electron chi connectivity index (χ3n) is 4.81. The Morgan fingerprint density at radius 3 is 2.59 bits per heavy atom. The predicted octanol–water partition coefficient (Wildman–Crippen LogP) is 3.69. The minimum atomic E-state index is 0.107. The summed E-state index contributed by atoms with van der Waals surface area (Å²) in [6, 6.07) is 0. The van der Waals surface area contributed by atoms with E-state index in [0.29, 0.717) is 17.6 Å². The third-order valence-corrected chi connectivity index (χ3v) is 4.81. The van der Waals surface area contributed by atoms with Gasteiger partial charge in [0.05, 0.1) is 0 Å². The van der Waals surface area contributed by atoms with Gasteiger partial charge in [0.1, 0.15) is 5.78 Å². The molecule has 1 saturated carbocycles. The van der Waals surface area contributed by atoms with E-state index in [9.17, 15) is 4.79 Å². The van der Waals surface area contributed by atoms with Gasteiger partial charge in [-0.3, -0.25) is 4.79 Å². The van der Waals surface area contributed by atoms with Crippen molar-refractivity contribution in [1.82, 2.24) is 0 Å². The van der Waals surface area contributed by atoms with E-state index in [-0.39, 0.29) is 11.3 Å². The maximum atomic E-state index is 12.2. The second-order valence-electron chi connectivity index (χ2n) is 6.41. The number of Topliss-reactive ketones (excluding diaryl/α,β-unsaturated/α-hetero) is 1. The maximum Gasteiger partial charge on any atom is 0.136 e. The molecule has 0 aromatic carbocycles. The molecule has 0 aromatic heterocycles. The normalized spacial score (nSPS) is 28.2. The van der Waals surface area contributed by atoms with Crippen LogP contribution in [0.5, 0.6) is 0 Å². The van der Waals surface area contributed by atoms with Gasteiger partial charge in [0, 0.05) is 26.1 Å². The van der Waals surface area contributed by atoms with E-state index in [2.05, 4.69) is 27.7 Å². The molecule has 0 radical (unpaired) electrons. The van der Waals surface area contributed by atoms with Crippen LogP contribution in [0.25, 0.3) is 0 Å². The Kier molecular flexibility index (Phi) is 5.18. The van der Waals surface area contributed by atoms with E-state index in [1.807, 2.05) is 0 Å². The molecule has 2 nitrogen and oxygen atoms in total. The van der Waals surface area contributed by atoms with E-state index in [0.717, 1.165) is 25.9 Å². The Balaban J connectivity index is 2.65. The van der Waals surface area contributed by atoms with Gasteiger partial charge in [0.2, 0.25) is 0 Å².